The number of fused-ring (bicyclic) bond motifs is 1. The van der Waals surface area contributed by atoms with Gasteiger partial charge in [-0.05, 0) is 31.9 Å². The fourth-order valence-electron chi connectivity index (χ4n) is 3.35. The molecule has 3 heterocycles. The number of nitrogens with zero attached hydrogens (tertiary/aromatic N) is 3. The lowest BCUT2D eigenvalue weighted by Crippen LogP contribution is -2.34. The Bertz CT molecular complexity index is 926. The first-order valence-electron chi connectivity index (χ1n) is 9.43. The number of benzene rings is 1. The molecule has 1 aliphatic rings. The first-order valence-corrected chi connectivity index (χ1v) is 10.2. The van der Waals surface area contributed by atoms with E-state index in [1.54, 1.807) is 11.3 Å². The fourth-order valence-corrected chi connectivity index (χ4v) is 4.15. The number of carbonyl (C=O) groups is 1. The zero-order chi connectivity index (χ0) is 18.6. The number of amides is 1. The Labute approximate surface area is 162 Å². The summed E-state index contributed by atoms with van der Waals surface area (Å²) >= 11 is 1.66. The monoisotopic (exact) mass is 385 g/mol. The van der Waals surface area contributed by atoms with Crippen molar-refractivity contribution >= 4 is 27.5 Å². The Kier molecular flexibility index (Phi) is 5.38. The third-order valence-electron chi connectivity index (χ3n) is 4.74. The summed E-state index contributed by atoms with van der Waals surface area (Å²) < 4.78 is 12.4. The number of aromatic nitrogens is 2. The highest BCUT2D eigenvalue weighted by Crippen LogP contribution is 2.26. The van der Waals surface area contributed by atoms with Crippen molar-refractivity contribution in [3.8, 4) is 5.75 Å². The lowest BCUT2D eigenvalue weighted by Gasteiger charge is -2.23. The van der Waals surface area contributed by atoms with Crippen molar-refractivity contribution in [3.05, 3.63) is 41.1 Å². The quantitative estimate of drug-likeness (QED) is 0.658. The lowest BCUT2D eigenvalue weighted by molar-refractivity contribution is 0.0736. The average Bonchev–Trinajstić information content (AvgIpc) is 3.24. The molecule has 1 aromatic carbocycles. The standard InChI is InChI=1S/C20H23N3O3S/c1-14-21-16-11-15(7-8-18(16)27-14)25-13-19-22-17(12-26-19)20(24)23-9-5-3-2-4-6-10-23/h7-8,11-12H,2-6,9-10,13H2,1H3. The second-order valence-electron chi connectivity index (χ2n) is 6.84. The molecule has 0 radical (unpaired) electrons. The predicted octanol–water partition coefficient (Wildman–Crippen LogP) is 4.58. The van der Waals surface area contributed by atoms with Gasteiger partial charge in [-0.3, -0.25) is 4.79 Å². The van der Waals surface area contributed by atoms with Crippen LogP contribution in [0, 0.1) is 6.92 Å². The molecular formula is C20H23N3O3S. The first-order chi connectivity index (χ1) is 13.2. The van der Waals surface area contributed by atoms with E-state index in [1.165, 1.54) is 25.5 Å². The molecule has 0 atom stereocenters. The average molecular weight is 385 g/mol. The Morgan fingerprint density at radius 1 is 1.19 bits per heavy atom. The van der Waals surface area contributed by atoms with Crippen molar-refractivity contribution in [2.24, 2.45) is 0 Å². The second-order valence-corrected chi connectivity index (χ2v) is 8.07. The van der Waals surface area contributed by atoms with E-state index >= 15 is 0 Å². The number of oxazole rings is 1. The molecule has 3 aromatic rings. The number of likely N-dealkylation sites (tertiary alicyclic amines) is 1. The molecule has 6 nitrogen and oxygen atoms in total. The maximum absolute atomic E-state index is 12.7. The van der Waals surface area contributed by atoms with Gasteiger partial charge in [0, 0.05) is 19.2 Å². The second kappa shape index (κ2) is 8.08. The highest BCUT2D eigenvalue weighted by Gasteiger charge is 2.20. The van der Waals surface area contributed by atoms with Crippen molar-refractivity contribution in [2.45, 2.75) is 45.6 Å². The molecule has 1 fully saturated rings. The number of carbonyl (C=O) groups excluding carboxylic acids is 1. The summed E-state index contributed by atoms with van der Waals surface area (Å²) in [4.78, 5) is 23.3. The Morgan fingerprint density at radius 2 is 1.96 bits per heavy atom. The van der Waals surface area contributed by atoms with Gasteiger partial charge in [0.15, 0.2) is 12.3 Å². The molecule has 0 aliphatic carbocycles. The van der Waals surface area contributed by atoms with Crippen LogP contribution >= 0.6 is 11.3 Å². The van der Waals surface area contributed by atoms with Gasteiger partial charge in [0.05, 0.1) is 15.2 Å². The van der Waals surface area contributed by atoms with Gasteiger partial charge in [0.25, 0.3) is 5.91 Å². The van der Waals surface area contributed by atoms with Gasteiger partial charge in [-0.25, -0.2) is 9.97 Å². The molecule has 2 aromatic heterocycles. The summed E-state index contributed by atoms with van der Waals surface area (Å²) in [7, 11) is 0. The molecule has 7 heteroatoms. The van der Waals surface area contributed by atoms with Crippen LogP contribution in [-0.4, -0.2) is 33.9 Å². The molecule has 1 amide bonds. The molecule has 0 unspecified atom stereocenters. The highest BCUT2D eigenvalue weighted by atomic mass is 32.1. The van der Waals surface area contributed by atoms with Crippen LogP contribution in [0.1, 0.15) is 53.5 Å². The minimum absolute atomic E-state index is 0.0498. The van der Waals surface area contributed by atoms with Crippen molar-refractivity contribution in [3.63, 3.8) is 0 Å². The van der Waals surface area contributed by atoms with Crippen molar-refractivity contribution in [1.82, 2.24) is 14.9 Å². The number of hydrogen-bond donors (Lipinski definition) is 0. The van der Waals surface area contributed by atoms with Gasteiger partial charge in [0.2, 0.25) is 5.89 Å². The van der Waals surface area contributed by atoms with E-state index in [2.05, 4.69) is 9.97 Å². The van der Waals surface area contributed by atoms with Crippen LogP contribution in [0.15, 0.2) is 28.9 Å². The smallest absolute Gasteiger partial charge is 0.275 e. The van der Waals surface area contributed by atoms with E-state index in [0.29, 0.717) is 17.3 Å². The van der Waals surface area contributed by atoms with E-state index in [-0.39, 0.29) is 12.5 Å². The van der Waals surface area contributed by atoms with E-state index in [1.807, 2.05) is 30.0 Å². The molecule has 0 bridgehead atoms. The number of rotatable bonds is 4. The number of aryl methyl sites for hydroxylation is 1. The minimum Gasteiger partial charge on any atom is -0.484 e. The van der Waals surface area contributed by atoms with E-state index in [4.69, 9.17) is 9.15 Å². The molecule has 142 valence electrons. The van der Waals surface area contributed by atoms with Crippen molar-refractivity contribution in [2.75, 3.05) is 13.1 Å². The van der Waals surface area contributed by atoms with Crippen molar-refractivity contribution in [1.29, 1.82) is 0 Å². The van der Waals surface area contributed by atoms with Gasteiger partial charge in [-0.2, -0.15) is 0 Å². The largest absolute Gasteiger partial charge is 0.484 e. The van der Waals surface area contributed by atoms with Crippen LogP contribution in [0.4, 0.5) is 0 Å². The van der Waals surface area contributed by atoms with Gasteiger partial charge >= 0.3 is 0 Å². The summed E-state index contributed by atoms with van der Waals surface area (Å²) in [6.45, 7) is 3.76. The summed E-state index contributed by atoms with van der Waals surface area (Å²) in [5.74, 6) is 1.06. The zero-order valence-corrected chi connectivity index (χ0v) is 16.3. The molecule has 0 spiro atoms. The Morgan fingerprint density at radius 3 is 2.78 bits per heavy atom. The Hall–Kier alpha value is -2.41. The predicted molar refractivity (Wildman–Crippen MR) is 104 cm³/mol. The van der Waals surface area contributed by atoms with Gasteiger partial charge < -0.3 is 14.1 Å². The summed E-state index contributed by atoms with van der Waals surface area (Å²) in [6, 6.07) is 5.82. The van der Waals surface area contributed by atoms with Crippen LogP contribution in [0.3, 0.4) is 0 Å². The van der Waals surface area contributed by atoms with Crippen LogP contribution in [-0.2, 0) is 6.61 Å². The maximum Gasteiger partial charge on any atom is 0.275 e. The summed E-state index contributed by atoms with van der Waals surface area (Å²) in [6.07, 6.45) is 7.18. The van der Waals surface area contributed by atoms with Gasteiger partial charge in [-0.1, -0.05) is 19.3 Å². The van der Waals surface area contributed by atoms with E-state index in [0.717, 1.165) is 41.2 Å². The number of hydrogen-bond acceptors (Lipinski definition) is 6. The number of thiazole rings is 1. The maximum atomic E-state index is 12.7. The third kappa shape index (κ3) is 4.30. The van der Waals surface area contributed by atoms with E-state index < -0.39 is 0 Å². The molecule has 1 aliphatic heterocycles. The fraction of sp³-hybridized carbons (Fsp3) is 0.450. The third-order valence-corrected chi connectivity index (χ3v) is 5.69. The molecule has 0 N–H and O–H groups in total. The molecule has 4 rings (SSSR count). The van der Waals surface area contributed by atoms with Gasteiger partial charge in [-0.15, -0.1) is 11.3 Å². The van der Waals surface area contributed by atoms with Crippen molar-refractivity contribution < 1.29 is 13.9 Å². The van der Waals surface area contributed by atoms with Crippen LogP contribution < -0.4 is 4.74 Å². The molecule has 1 saturated heterocycles. The summed E-state index contributed by atoms with van der Waals surface area (Å²) in [5, 5.41) is 1.03. The van der Waals surface area contributed by atoms with E-state index in [9.17, 15) is 4.79 Å². The zero-order valence-electron chi connectivity index (χ0n) is 15.4. The highest BCUT2D eigenvalue weighted by molar-refractivity contribution is 7.18. The molecule has 27 heavy (non-hydrogen) atoms. The SMILES string of the molecule is Cc1nc2cc(OCc3nc(C(=O)N4CCCCCCC4)co3)ccc2s1. The Balaban J connectivity index is 1.38. The lowest BCUT2D eigenvalue weighted by atomic mass is 10.1. The van der Waals surface area contributed by atoms with Gasteiger partial charge in [0.1, 0.15) is 12.0 Å². The van der Waals surface area contributed by atoms with Crippen LogP contribution in [0.25, 0.3) is 10.2 Å². The van der Waals surface area contributed by atoms with Crippen LogP contribution in [0.2, 0.25) is 0 Å². The van der Waals surface area contributed by atoms with Crippen LogP contribution in [0.5, 0.6) is 5.75 Å². The first kappa shape index (κ1) is 18.0. The molecular weight excluding hydrogens is 362 g/mol. The normalized spacial score (nSPS) is 15.5. The summed E-state index contributed by atoms with van der Waals surface area (Å²) in [5.41, 5.74) is 1.29. The number of ether oxygens (including phenoxy) is 1. The topological polar surface area (TPSA) is 68.5 Å². The molecule has 0 saturated carbocycles. The minimum atomic E-state index is -0.0498.